The highest BCUT2D eigenvalue weighted by Crippen LogP contribution is 2.20. The molecule has 2 N–H and O–H groups in total. The third-order valence-corrected chi connectivity index (χ3v) is 6.83. The summed E-state index contributed by atoms with van der Waals surface area (Å²) in [5.41, 5.74) is 1.50. The Morgan fingerprint density at radius 2 is 1.82 bits per heavy atom. The predicted octanol–water partition coefficient (Wildman–Crippen LogP) is 3.62. The topological polar surface area (TPSA) is 87.7 Å². The maximum absolute atomic E-state index is 13.6. The first-order chi connectivity index (χ1) is 18.3. The van der Waals surface area contributed by atoms with Gasteiger partial charge in [0.25, 0.3) is 0 Å². The lowest BCUT2D eigenvalue weighted by Crippen LogP contribution is -2.57. The number of amides is 2. The van der Waals surface area contributed by atoms with E-state index in [0.29, 0.717) is 30.7 Å². The van der Waals surface area contributed by atoms with Crippen LogP contribution in [0.4, 0.5) is 0 Å². The van der Waals surface area contributed by atoms with Crippen molar-refractivity contribution in [2.24, 2.45) is 5.92 Å². The van der Waals surface area contributed by atoms with Crippen LogP contribution in [0.1, 0.15) is 56.0 Å². The van der Waals surface area contributed by atoms with Crippen molar-refractivity contribution in [3.8, 4) is 17.6 Å². The highest BCUT2D eigenvalue weighted by atomic mass is 16.5. The fourth-order valence-electron chi connectivity index (χ4n) is 4.66. The summed E-state index contributed by atoms with van der Waals surface area (Å²) in [6.07, 6.45) is 2.79. The van der Waals surface area contributed by atoms with Gasteiger partial charge in [-0.2, -0.15) is 0 Å². The lowest BCUT2D eigenvalue weighted by Gasteiger charge is -2.35. The third kappa shape index (κ3) is 8.19. The van der Waals surface area contributed by atoms with Gasteiger partial charge in [0.15, 0.2) is 5.78 Å². The van der Waals surface area contributed by atoms with Crippen LogP contribution in [0.25, 0.3) is 0 Å². The lowest BCUT2D eigenvalue weighted by atomic mass is 9.98. The zero-order valence-electron chi connectivity index (χ0n) is 22.8. The van der Waals surface area contributed by atoms with Gasteiger partial charge in [-0.05, 0) is 49.9 Å². The lowest BCUT2D eigenvalue weighted by molar-refractivity contribution is -0.132. The number of carbonyl (C=O) groups excluding carboxylic acids is 3. The minimum atomic E-state index is -0.761. The number of benzene rings is 2. The summed E-state index contributed by atoms with van der Waals surface area (Å²) in [4.78, 5) is 42.0. The van der Waals surface area contributed by atoms with E-state index >= 15 is 0 Å². The Morgan fingerprint density at radius 1 is 1.05 bits per heavy atom. The Hall–Kier alpha value is -3.63. The van der Waals surface area contributed by atoms with E-state index in [9.17, 15) is 14.4 Å². The Kier molecular flexibility index (Phi) is 10.9. The summed E-state index contributed by atoms with van der Waals surface area (Å²) in [5.74, 6) is 6.10. The van der Waals surface area contributed by atoms with Gasteiger partial charge in [0.1, 0.15) is 11.8 Å². The van der Waals surface area contributed by atoms with Crippen LogP contribution < -0.4 is 15.4 Å². The highest BCUT2D eigenvalue weighted by Gasteiger charge is 2.33. The van der Waals surface area contributed by atoms with E-state index < -0.39 is 12.1 Å². The van der Waals surface area contributed by atoms with Crippen LogP contribution in [0.2, 0.25) is 0 Å². The molecule has 0 bridgehead atoms. The molecule has 2 aromatic rings. The molecule has 1 aliphatic rings. The number of ether oxygens (including phenoxy) is 1. The minimum Gasteiger partial charge on any atom is -0.497 e. The van der Waals surface area contributed by atoms with E-state index in [1.54, 1.807) is 38.3 Å². The van der Waals surface area contributed by atoms with Crippen molar-refractivity contribution in [1.82, 2.24) is 15.5 Å². The van der Waals surface area contributed by atoms with Gasteiger partial charge in [-0.15, -0.1) is 5.92 Å². The molecule has 0 saturated carbocycles. The molecule has 202 valence electrons. The molecule has 0 aromatic heterocycles. The number of piperidine rings is 1. The molecule has 7 heteroatoms. The second-order valence-corrected chi connectivity index (χ2v) is 10.0. The maximum atomic E-state index is 13.6. The molecule has 2 amide bonds. The number of hydrogen-bond donors (Lipinski definition) is 2. The fourth-order valence-corrected chi connectivity index (χ4v) is 4.66. The van der Waals surface area contributed by atoms with Crippen molar-refractivity contribution in [3.63, 3.8) is 0 Å². The van der Waals surface area contributed by atoms with Crippen LogP contribution in [-0.4, -0.2) is 60.8 Å². The van der Waals surface area contributed by atoms with Gasteiger partial charge < -0.3 is 15.4 Å². The van der Waals surface area contributed by atoms with Crippen LogP contribution >= 0.6 is 0 Å². The van der Waals surface area contributed by atoms with Crippen molar-refractivity contribution >= 4 is 17.6 Å². The SMILES string of the molecule is CC#C[C@@H](NC(=O)[C@H](Cc1ccccc1)NC(=O)[C@@H]1CCCCN1CC(=O)c1cccc(OC)c1)C(C)C. The molecular weight excluding hydrogens is 478 g/mol. The Bertz CT molecular complexity index is 1150. The number of Topliss-reactive ketones (excluding diaryl/α,β-unsaturated/α-hetero) is 1. The van der Waals surface area contributed by atoms with E-state index in [0.717, 1.165) is 18.4 Å². The van der Waals surface area contributed by atoms with Gasteiger partial charge in [-0.25, -0.2) is 0 Å². The monoisotopic (exact) mass is 517 g/mol. The van der Waals surface area contributed by atoms with Crippen molar-refractivity contribution in [3.05, 3.63) is 65.7 Å². The summed E-state index contributed by atoms with van der Waals surface area (Å²) in [5, 5.41) is 6.03. The summed E-state index contributed by atoms with van der Waals surface area (Å²) >= 11 is 0. The Labute approximate surface area is 226 Å². The van der Waals surface area contributed by atoms with E-state index in [-0.39, 0.29) is 36.1 Å². The van der Waals surface area contributed by atoms with Gasteiger partial charge in [0.05, 0.1) is 25.7 Å². The second-order valence-electron chi connectivity index (χ2n) is 10.0. The first kappa shape index (κ1) is 28.9. The molecule has 1 aliphatic heterocycles. The number of rotatable bonds is 11. The zero-order valence-corrected chi connectivity index (χ0v) is 22.8. The molecule has 2 aromatic carbocycles. The number of ketones is 1. The van der Waals surface area contributed by atoms with Crippen LogP contribution in [0.5, 0.6) is 5.75 Å². The molecule has 1 saturated heterocycles. The number of likely N-dealkylation sites (tertiary alicyclic amines) is 1. The maximum Gasteiger partial charge on any atom is 0.243 e. The number of nitrogens with zero attached hydrogens (tertiary/aromatic N) is 1. The van der Waals surface area contributed by atoms with Crippen LogP contribution in [0, 0.1) is 17.8 Å². The quantitative estimate of drug-likeness (QED) is 0.351. The van der Waals surface area contributed by atoms with Crippen LogP contribution in [0.15, 0.2) is 54.6 Å². The number of nitrogens with one attached hydrogen (secondary N) is 2. The molecular formula is C31H39N3O4. The first-order valence-electron chi connectivity index (χ1n) is 13.3. The molecule has 0 unspecified atom stereocenters. The van der Waals surface area contributed by atoms with Gasteiger partial charge in [-0.3, -0.25) is 19.3 Å². The average molecular weight is 518 g/mol. The van der Waals surface area contributed by atoms with Crippen LogP contribution in [-0.2, 0) is 16.0 Å². The molecule has 3 atom stereocenters. The summed E-state index contributed by atoms with van der Waals surface area (Å²) in [6, 6.07) is 15.1. The van der Waals surface area contributed by atoms with E-state index in [1.807, 2.05) is 49.1 Å². The zero-order chi connectivity index (χ0) is 27.5. The van der Waals surface area contributed by atoms with Gasteiger partial charge in [0, 0.05) is 12.0 Å². The van der Waals surface area contributed by atoms with E-state index in [4.69, 9.17) is 4.74 Å². The number of carbonyl (C=O) groups is 3. The summed E-state index contributed by atoms with van der Waals surface area (Å²) in [7, 11) is 1.56. The molecule has 7 nitrogen and oxygen atoms in total. The van der Waals surface area contributed by atoms with Crippen molar-refractivity contribution in [2.75, 3.05) is 20.2 Å². The second kappa shape index (κ2) is 14.3. The number of hydrogen-bond acceptors (Lipinski definition) is 5. The first-order valence-corrected chi connectivity index (χ1v) is 13.3. The molecule has 0 aliphatic carbocycles. The smallest absolute Gasteiger partial charge is 0.243 e. The Morgan fingerprint density at radius 3 is 2.50 bits per heavy atom. The summed E-state index contributed by atoms with van der Waals surface area (Å²) in [6.45, 7) is 6.51. The molecule has 1 fully saturated rings. The normalized spacial score (nSPS) is 17.0. The molecule has 38 heavy (non-hydrogen) atoms. The largest absolute Gasteiger partial charge is 0.497 e. The highest BCUT2D eigenvalue weighted by molar-refractivity contribution is 5.98. The van der Waals surface area contributed by atoms with Crippen molar-refractivity contribution in [2.45, 2.75) is 64.6 Å². The molecule has 1 heterocycles. The Balaban J connectivity index is 1.76. The van der Waals surface area contributed by atoms with Gasteiger partial charge in [0.2, 0.25) is 11.8 Å². The molecule has 0 spiro atoms. The van der Waals surface area contributed by atoms with Crippen LogP contribution in [0.3, 0.4) is 0 Å². The third-order valence-electron chi connectivity index (χ3n) is 6.83. The van der Waals surface area contributed by atoms with E-state index in [1.165, 1.54) is 0 Å². The molecule has 3 rings (SSSR count). The van der Waals surface area contributed by atoms with E-state index in [2.05, 4.69) is 22.5 Å². The van der Waals surface area contributed by atoms with Gasteiger partial charge in [-0.1, -0.05) is 68.7 Å². The minimum absolute atomic E-state index is 0.0694. The van der Waals surface area contributed by atoms with Gasteiger partial charge >= 0.3 is 0 Å². The molecule has 0 radical (unpaired) electrons. The fraction of sp³-hybridized carbons (Fsp3) is 0.452. The average Bonchev–Trinajstić information content (AvgIpc) is 2.93. The standard InChI is InChI=1S/C31H39N3O4/c1-5-12-26(22(2)3)32-30(36)27(19-23-13-7-6-8-14-23)33-31(37)28-17-9-10-18-34(28)21-29(35)24-15-11-16-25(20-24)38-4/h6-8,11,13-16,20,22,26-28H,9-10,17-19,21H2,1-4H3,(H,32,36)(H,33,37)/t26-,27+,28+/m1/s1. The van der Waals surface area contributed by atoms with Crippen molar-refractivity contribution < 1.29 is 19.1 Å². The number of methoxy groups -OCH3 is 1. The predicted molar refractivity (Wildman–Crippen MR) is 149 cm³/mol. The summed E-state index contributed by atoms with van der Waals surface area (Å²) < 4.78 is 5.25. The van der Waals surface area contributed by atoms with Crippen molar-refractivity contribution in [1.29, 1.82) is 0 Å².